The number of aromatic nitrogens is 2. The van der Waals surface area contributed by atoms with E-state index >= 15 is 0 Å². The Morgan fingerprint density at radius 3 is 2.94 bits per heavy atom. The van der Waals surface area contributed by atoms with Gasteiger partial charge in [-0.15, -0.1) is 0 Å². The van der Waals surface area contributed by atoms with Gasteiger partial charge in [0.1, 0.15) is 0 Å². The highest BCUT2D eigenvalue weighted by molar-refractivity contribution is 5.75. The molecule has 0 unspecified atom stereocenters. The van der Waals surface area contributed by atoms with Crippen molar-refractivity contribution in [3.05, 3.63) is 12.2 Å². The molecule has 0 aromatic carbocycles. The lowest BCUT2D eigenvalue weighted by Crippen LogP contribution is -2.24. The molecule has 0 saturated carbocycles. The van der Waals surface area contributed by atoms with Crippen LogP contribution in [0.5, 0.6) is 0 Å². The number of carbonyl (C=O) groups excluding carboxylic acids is 1. The molecule has 0 fully saturated rings. The van der Waals surface area contributed by atoms with Gasteiger partial charge in [0, 0.05) is 33.5 Å². The van der Waals surface area contributed by atoms with Gasteiger partial charge in [0.05, 0.1) is 0 Å². The van der Waals surface area contributed by atoms with E-state index in [1.54, 1.807) is 19.0 Å². The topological polar surface area (TPSA) is 71.3 Å². The number of nitrogens with zero attached hydrogens (tertiary/aromatic N) is 3. The van der Waals surface area contributed by atoms with E-state index < -0.39 is 0 Å². The SMILES string of the molecule is CN(C)C(=O)CCCNCCc1ncon1. The van der Waals surface area contributed by atoms with Crippen molar-refractivity contribution in [3.8, 4) is 0 Å². The fourth-order valence-electron chi connectivity index (χ4n) is 1.22. The van der Waals surface area contributed by atoms with Gasteiger partial charge in [0.2, 0.25) is 12.3 Å². The molecule has 6 nitrogen and oxygen atoms in total. The highest BCUT2D eigenvalue weighted by Gasteiger charge is 2.02. The summed E-state index contributed by atoms with van der Waals surface area (Å²) in [5, 5.41) is 6.92. The first-order valence-corrected chi connectivity index (χ1v) is 5.36. The van der Waals surface area contributed by atoms with Crippen molar-refractivity contribution in [1.82, 2.24) is 20.4 Å². The zero-order valence-corrected chi connectivity index (χ0v) is 9.77. The number of hydrogen-bond acceptors (Lipinski definition) is 5. The summed E-state index contributed by atoms with van der Waals surface area (Å²) < 4.78 is 4.61. The van der Waals surface area contributed by atoms with Crippen LogP contribution in [0.4, 0.5) is 0 Å². The van der Waals surface area contributed by atoms with Gasteiger partial charge in [-0.3, -0.25) is 4.79 Å². The Balaban J connectivity index is 1.94. The summed E-state index contributed by atoms with van der Waals surface area (Å²) in [5.41, 5.74) is 0. The molecule has 0 bridgehead atoms. The number of nitrogens with one attached hydrogen (secondary N) is 1. The average Bonchev–Trinajstić information content (AvgIpc) is 2.75. The predicted octanol–water partition coefficient (Wildman–Crippen LogP) is 0.0701. The van der Waals surface area contributed by atoms with Crippen LogP contribution >= 0.6 is 0 Å². The van der Waals surface area contributed by atoms with Crippen LogP contribution in [0.1, 0.15) is 18.7 Å². The molecule has 0 aliphatic heterocycles. The van der Waals surface area contributed by atoms with Gasteiger partial charge in [-0.1, -0.05) is 5.16 Å². The molecule has 0 aliphatic carbocycles. The second-order valence-corrected chi connectivity index (χ2v) is 3.74. The lowest BCUT2D eigenvalue weighted by atomic mass is 10.3. The molecule has 90 valence electrons. The number of hydrogen-bond donors (Lipinski definition) is 1. The molecule has 1 amide bonds. The van der Waals surface area contributed by atoms with Crippen LogP contribution < -0.4 is 5.32 Å². The average molecular weight is 226 g/mol. The predicted molar refractivity (Wildman–Crippen MR) is 58.8 cm³/mol. The Labute approximate surface area is 95.0 Å². The molecular weight excluding hydrogens is 208 g/mol. The lowest BCUT2D eigenvalue weighted by Gasteiger charge is -2.09. The largest absolute Gasteiger partial charge is 0.349 e. The minimum absolute atomic E-state index is 0.167. The molecule has 0 spiro atoms. The quantitative estimate of drug-likeness (QED) is 0.666. The smallest absolute Gasteiger partial charge is 0.222 e. The fourth-order valence-corrected chi connectivity index (χ4v) is 1.22. The maximum absolute atomic E-state index is 11.2. The van der Waals surface area contributed by atoms with Crippen molar-refractivity contribution >= 4 is 5.91 Å². The van der Waals surface area contributed by atoms with Crippen molar-refractivity contribution in [1.29, 1.82) is 0 Å². The highest BCUT2D eigenvalue weighted by Crippen LogP contribution is 1.92. The van der Waals surface area contributed by atoms with Crippen LogP contribution in [0.2, 0.25) is 0 Å². The third kappa shape index (κ3) is 4.88. The van der Waals surface area contributed by atoms with Crippen LogP contribution in [-0.4, -0.2) is 48.1 Å². The summed E-state index contributed by atoms with van der Waals surface area (Å²) in [6.07, 6.45) is 3.51. The van der Waals surface area contributed by atoms with Gasteiger partial charge >= 0.3 is 0 Å². The van der Waals surface area contributed by atoms with Crippen molar-refractivity contribution in [2.45, 2.75) is 19.3 Å². The minimum Gasteiger partial charge on any atom is -0.349 e. The summed E-state index contributed by atoms with van der Waals surface area (Å²) in [4.78, 5) is 16.7. The molecule has 0 atom stereocenters. The fraction of sp³-hybridized carbons (Fsp3) is 0.700. The molecule has 0 aliphatic rings. The molecule has 16 heavy (non-hydrogen) atoms. The van der Waals surface area contributed by atoms with Crippen molar-refractivity contribution in [2.24, 2.45) is 0 Å². The third-order valence-electron chi connectivity index (χ3n) is 2.18. The van der Waals surface area contributed by atoms with Crippen molar-refractivity contribution in [2.75, 3.05) is 27.2 Å². The Morgan fingerprint density at radius 2 is 2.31 bits per heavy atom. The van der Waals surface area contributed by atoms with Crippen LogP contribution in [0.3, 0.4) is 0 Å². The Morgan fingerprint density at radius 1 is 1.50 bits per heavy atom. The van der Waals surface area contributed by atoms with Crippen LogP contribution in [0.15, 0.2) is 10.9 Å². The number of amides is 1. The maximum atomic E-state index is 11.2. The van der Waals surface area contributed by atoms with Gasteiger partial charge in [-0.25, -0.2) is 0 Å². The summed E-state index contributed by atoms with van der Waals surface area (Å²) in [6, 6.07) is 0. The normalized spacial score (nSPS) is 10.4. The van der Waals surface area contributed by atoms with E-state index in [1.807, 2.05) is 0 Å². The van der Waals surface area contributed by atoms with Crippen molar-refractivity contribution < 1.29 is 9.32 Å². The molecule has 1 heterocycles. The van der Waals surface area contributed by atoms with E-state index in [4.69, 9.17) is 0 Å². The first-order valence-electron chi connectivity index (χ1n) is 5.36. The second-order valence-electron chi connectivity index (χ2n) is 3.74. The zero-order chi connectivity index (χ0) is 11.8. The third-order valence-corrected chi connectivity index (χ3v) is 2.18. The van der Waals surface area contributed by atoms with E-state index in [9.17, 15) is 4.79 Å². The highest BCUT2D eigenvalue weighted by atomic mass is 16.5. The minimum atomic E-state index is 0.167. The Hall–Kier alpha value is -1.43. The first kappa shape index (κ1) is 12.6. The molecule has 1 N–H and O–H groups in total. The molecule has 1 aromatic heterocycles. The Kier molecular flexibility index (Phi) is 5.49. The van der Waals surface area contributed by atoms with Crippen molar-refractivity contribution in [3.63, 3.8) is 0 Å². The molecular formula is C10H18N4O2. The van der Waals surface area contributed by atoms with Gasteiger partial charge in [0.15, 0.2) is 5.82 Å². The van der Waals surface area contributed by atoms with Gasteiger partial charge < -0.3 is 14.7 Å². The second kappa shape index (κ2) is 6.95. The van der Waals surface area contributed by atoms with Crippen LogP contribution in [-0.2, 0) is 11.2 Å². The van der Waals surface area contributed by atoms with Gasteiger partial charge in [-0.05, 0) is 13.0 Å². The standard InChI is InChI=1S/C10H18N4O2/c1-14(2)10(15)4-3-6-11-7-5-9-12-8-16-13-9/h8,11H,3-7H2,1-2H3. The first-order chi connectivity index (χ1) is 7.70. The van der Waals surface area contributed by atoms with E-state index in [0.717, 1.165) is 25.9 Å². The van der Waals surface area contributed by atoms with E-state index in [1.165, 1.54) is 6.39 Å². The number of rotatable bonds is 7. The monoisotopic (exact) mass is 226 g/mol. The molecule has 6 heteroatoms. The van der Waals surface area contributed by atoms with E-state index in [2.05, 4.69) is 20.0 Å². The molecule has 0 saturated heterocycles. The zero-order valence-electron chi connectivity index (χ0n) is 9.77. The van der Waals surface area contributed by atoms with E-state index in [-0.39, 0.29) is 5.91 Å². The Bertz CT molecular complexity index is 298. The van der Waals surface area contributed by atoms with Gasteiger partial charge in [0.25, 0.3) is 0 Å². The molecule has 1 rings (SSSR count). The summed E-state index contributed by atoms with van der Waals surface area (Å²) >= 11 is 0. The van der Waals surface area contributed by atoms with E-state index in [0.29, 0.717) is 12.2 Å². The molecule has 0 radical (unpaired) electrons. The number of carbonyl (C=O) groups is 1. The molecule has 1 aromatic rings. The maximum Gasteiger partial charge on any atom is 0.222 e. The lowest BCUT2D eigenvalue weighted by molar-refractivity contribution is -0.128. The summed E-state index contributed by atoms with van der Waals surface area (Å²) in [7, 11) is 3.54. The van der Waals surface area contributed by atoms with Gasteiger partial charge in [-0.2, -0.15) is 4.98 Å². The summed E-state index contributed by atoms with van der Waals surface area (Å²) in [6.45, 7) is 1.63. The summed E-state index contributed by atoms with van der Waals surface area (Å²) in [5.74, 6) is 0.872. The van der Waals surface area contributed by atoms with Crippen LogP contribution in [0.25, 0.3) is 0 Å². The van der Waals surface area contributed by atoms with Crippen LogP contribution in [0, 0.1) is 0 Å².